The van der Waals surface area contributed by atoms with E-state index in [2.05, 4.69) is 15.1 Å². The topological polar surface area (TPSA) is 97.1 Å². The Labute approximate surface area is 126 Å². The number of sulfonamides is 1. The minimum atomic E-state index is -3.85. The van der Waals surface area contributed by atoms with Crippen LogP contribution in [0.3, 0.4) is 0 Å². The first-order valence-corrected chi connectivity index (χ1v) is 7.65. The molecule has 0 amide bonds. The van der Waals surface area contributed by atoms with Gasteiger partial charge in [-0.15, -0.1) is 0 Å². The summed E-state index contributed by atoms with van der Waals surface area (Å²) in [5, 5.41) is 0.0614. The van der Waals surface area contributed by atoms with Crippen molar-refractivity contribution in [2.24, 2.45) is 5.84 Å². The number of hydrogen-bond donors (Lipinski definition) is 3. The molecule has 0 aliphatic heterocycles. The zero-order valence-corrected chi connectivity index (χ0v) is 12.2. The molecule has 1 aromatic heterocycles. The van der Waals surface area contributed by atoms with Gasteiger partial charge in [0.2, 0.25) is 10.0 Å². The summed E-state index contributed by atoms with van der Waals surface area (Å²) in [6, 6.07) is 7.09. The van der Waals surface area contributed by atoms with E-state index in [0.717, 1.165) is 6.20 Å². The second-order valence-electron chi connectivity index (χ2n) is 4.06. The van der Waals surface area contributed by atoms with Gasteiger partial charge in [-0.2, -0.15) is 0 Å². The Morgan fingerprint density at radius 1 is 1.33 bits per heavy atom. The van der Waals surface area contributed by atoms with Gasteiger partial charge in [-0.25, -0.2) is 28.4 Å². The minimum absolute atomic E-state index is 0.0614. The Morgan fingerprint density at radius 2 is 2.05 bits per heavy atom. The number of anilines is 1. The van der Waals surface area contributed by atoms with E-state index in [0.29, 0.717) is 0 Å². The number of nitrogen functional groups attached to an aromatic ring is 1. The van der Waals surface area contributed by atoms with Crippen molar-refractivity contribution in [2.75, 3.05) is 5.43 Å². The Balaban J connectivity index is 2.19. The summed E-state index contributed by atoms with van der Waals surface area (Å²) in [5.41, 5.74) is 2.47. The average Bonchev–Trinajstić information content (AvgIpc) is 2.46. The molecule has 0 aliphatic rings. The second kappa shape index (κ2) is 6.35. The third-order valence-corrected chi connectivity index (χ3v) is 4.33. The van der Waals surface area contributed by atoms with Crippen molar-refractivity contribution in [3.8, 4) is 0 Å². The monoisotopic (exact) mass is 330 g/mol. The first-order chi connectivity index (χ1) is 9.94. The Morgan fingerprint density at radius 3 is 2.67 bits per heavy atom. The normalized spacial score (nSPS) is 11.4. The third kappa shape index (κ3) is 3.67. The van der Waals surface area contributed by atoms with Crippen LogP contribution in [0.5, 0.6) is 0 Å². The van der Waals surface area contributed by atoms with Crippen LogP contribution < -0.4 is 16.0 Å². The van der Waals surface area contributed by atoms with Crippen LogP contribution in [0, 0.1) is 5.82 Å². The number of hydrogen-bond acceptors (Lipinski definition) is 5. The van der Waals surface area contributed by atoms with E-state index in [1.807, 2.05) is 0 Å². The lowest BCUT2D eigenvalue weighted by Crippen LogP contribution is -2.24. The number of benzene rings is 1. The standard InChI is InChI=1S/C12H12ClFN4O2S/c13-10-5-9(7-16-12(10)18-15)21(19,20)17-6-8-3-1-2-4-11(8)14/h1-5,7,17H,6,15H2,(H,16,18). The molecule has 6 nitrogen and oxygen atoms in total. The van der Waals surface area contributed by atoms with Gasteiger partial charge in [0.1, 0.15) is 10.7 Å². The van der Waals surface area contributed by atoms with Crippen LogP contribution in [-0.4, -0.2) is 13.4 Å². The maximum absolute atomic E-state index is 13.4. The molecule has 0 unspecified atom stereocenters. The van der Waals surface area contributed by atoms with Gasteiger partial charge in [0.05, 0.1) is 5.02 Å². The molecular weight excluding hydrogens is 319 g/mol. The summed E-state index contributed by atoms with van der Waals surface area (Å²) >= 11 is 5.82. The van der Waals surface area contributed by atoms with Crippen LogP contribution >= 0.6 is 11.6 Å². The number of nitrogens with one attached hydrogen (secondary N) is 2. The van der Waals surface area contributed by atoms with Crippen LogP contribution in [0.15, 0.2) is 41.4 Å². The van der Waals surface area contributed by atoms with Gasteiger partial charge in [-0.1, -0.05) is 29.8 Å². The molecule has 0 bridgehead atoms. The van der Waals surface area contributed by atoms with Crippen LogP contribution in [-0.2, 0) is 16.6 Å². The maximum Gasteiger partial charge on any atom is 0.242 e. The highest BCUT2D eigenvalue weighted by atomic mass is 35.5. The van der Waals surface area contributed by atoms with Crippen LogP contribution in [0.1, 0.15) is 5.56 Å². The van der Waals surface area contributed by atoms with Crippen molar-refractivity contribution >= 4 is 27.4 Å². The lowest BCUT2D eigenvalue weighted by atomic mass is 10.2. The molecule has 0 fully saturated rings. The van der Waals surface area contributed by atoms with E-state index < -0.39 is 15.8 Å². The average molecular weight is 331 g/mol. The van der Waals surface area contributed by atoms with Crippen molar-refractivity contribution in [2.45, 2.75) is 11.4 Å². The highest BCUT2D eigenvalue weighted by molar-refractivity contribution is 7.89. The minimum Gasteiger partial charge on any atom is -0.307 e. The van der Waals surface area contributed by atoms with Gasteiger partial charge in [-0.3, -0.25) is 0 Å². The summed E-state index contributed by atoms with van der Waals surface area (Å²) in [4.78, 5) is 3.64. The number of aromatic nitrogens is 1. The zero-order chi connectivity index (χ0) is 15.5. The number of nitrogens with two attached hydrogens (primary N) is 1. The van der Waals surface area contributed by atoms with E-state index in [4.69, 9.17) is 17.4 Å². The molecule has 112 valence electrons. The summed E-state index contributed by atoms with van der Waals surface area (Å²) < 4.78 is 39.9. The fourth-order valence-electron chi connectivity index (χ4n) is 1.57. The predicted octanol–water partition coefficient (Wildman–Crippen LogP) is 1.64. The Bertz CT molecular complexity index is 755. The van der Waals surface area contributed by atoms with Gasteiger partial charge >= 0.3 is 0 Å². The summed E-state index contributed by atoms with van der Waals surface area (Å²) in [6.07, 6.45) is 1.10. The molecule has 2 aromatic rings. The first-order valence-electron chi connectivity index (χ1n) is 5.79. The van der Waals surface area contributed by atoms with Crippen LogP contribution in [0.4, 0.5) is 10.2 Å². The molecule has 0 radical (unpaired) electrons. The number of halogens is 2. The molecule has 9 heteroatoms. The second-order valence-corrected chi connectivity index (χ2v) is 6.24. The van der Waals surface area contributed by atoms with Crippen molar-refractivity contribution in [1.82, 2.24) is 9.71 Å². The molecular formula is C12H12ClFN4O2S. The fourth-order valence-corrected chi connectivity index (χ4v) is 2.83. The number of rotatable bonds is 5. The molecule has 1 heterocycles. The largest absolute Gasteiger partial charge is 0.307 e. The quantitative estimate of drug-likeness (QED) is 0.572. The molecule has 0 aliphatic carbocycles. The van der Waals surface area contributed by atoms with Crippen LogP contribution in [0.25, 0.3) is 0 Å². The van der Waals surface area contributed by atoms with E-state index in [-0.39, 0.29) is 27.8 Å². The SMILES string of the molecule is NNc1ncc(S(=O)(=O)NCc2ccccc2F)cc1Cl. The summed E-state index contributed by atoms with van der Waals surface area (Å²) in [7, 11) is -3.85. The molecule has 0 spiro atoms. The van der Waals surface area contributed by atoms with E-state index in [9.17, 15) is 12.8 Å². The van der Waals surface area contributed by atoms with Crippen LogP contribution in [0.2, 0.25) is 5.02 Å². The molecule has 0 atom stereocenters. The van der Waals surface area contributed by atoms with Crippen molar-refractivity contribution in [1.29, 1.82) is 0 Å². The highest BCUT2D eigenvalue weighted by Crippen LogP contribution is 2.21. The molecule has 4 N–H and O–H groups in total. The van der Waals surface area contributed by atoms with Gasteiger partial charge in [0.15, 0.2) is 5.82 Å². The molecule has 21 heavy (non-hydrogen) atoms. The van der Waals surface area contributed by atoms with Gasteiger partial charge in [-0.05, 0) is 12.1 Å². The third-order valence-electron chi connectivity index (χ3n) is 2.67. The fraction of sp³-hybridized carbons (Fsp3) is 0.0833. The number of pyridine rings is 1. The van der Waals surface area contributed by atoms with E-state index in [1.54, 1.807) is 6.07 Å². The van der Waals surface area contributed by atoms with Crippen molar-refractivity contribution in [3.63, 3.8) is 0 Å². The van der Waals surface area contributed by atoms with Gasteiger partial charge < -0.3 is 5.43 Å². The lowest BCUT2D eigenvalue weighted by Gasteiger charge is -2.09. The molecule has 0 saturated heterocycles. The Kier molecular flexibility index (Phi) is 4.73. The maximum atomic E-state index is 13.4. The van der Waals surface area contributed by atoms with E-state index in [1.165, 1.54) is 24.3 Å². The summed E-state index contributed by atoms with van der Waals surface area (Å²) in [5.74, 6) is 4.83. The molecule has 2 rings (SSSR count). The van der Waals surface area contributed by atoms with Gasteiger partial charge in [0.25, 0.3) is 0 Å². The molecule has 1 aromatic carbocycles. The number of nitrogens with zero attached hydrogens (tertiary/aromatic N) is 1. The zero-order valence-electron chi connectivity index (χ0n) is 10.7. The first kappa shape index (κ1) is 15.6. The molecule has 0 saturated carbocycles. The van der Waals surface area contributed by atoms with E-state index >= 15 is 0 Å². The van der Waals surface area contributed by atoms with Gasteiger partial charge in [0, 0.05) is 18.3 Å². The lowest BCUT2D eigenvalue weighted by molar-refractivity contribution is 0.574. The van der Waals surface area contributed by atoms with Crippen molar-refractivity contribution < 1.29 is 12.8 Å². The predicted molar refractivity (Wildman–Crippen MR) is 77.5 cm³/mol. The smallest absolute Gasteiger partial charge is 0.242 e. The number of hydrazine groups is 1. The summed E-state index contributed by atoms with van der Waals surface area (Å²) in [6.45, 7) is -0.177. The Hall–Kier alpha value is -1.74. The van der Waals surface area contributed by atoms with Crippen molar-refractivity contribution in [3.05, 3.63) is 52.9 Å². The highest BCUT2D eigenvalue weighted by Gasteiger charge is 2.17.